The third-order valence-corrected chi connectivity index (χ3v) is 3.84. The monoisotopic (exact) mass is 294 g/mol. The van der Waals surface area contributed by atoms with Gasteiger partial charge in [0.2, 0.25) is 0 Å². The van der Waals surface area contributed by atoms with Crippen LogP contribution in [0.4, 0.5) is 0 Å². The number of aromatic nitrogens is 4. The molecule has 0 aromatic carbocycles. The third-order valence-electron chi connectivity index (χ3n) is 3.84. The third kappa shape index (κ3) is 2.78. The number of fused-ring (bicyclic) bond motifs is 1. The van der Waals surface area contributed by atoms with E-state index in [2.05, 4.69) is 4.98 Å². The molecule has 0 spiro atoms. The highest BCUT2D eigenvalue weighted by molar-refractivity contribution is 5.70. The molecular weight excluding hydrogens is 272 g/mol. The smallest absolute Gasteiger partial charge is 0.332 e. The maximum atomic E-state index is 12.5. The number of imidazole rings is 1. The van der Waals surface area contributed by atoms with Crippen molar-refractivity contribution < 1.29 is 5.11 Å². The number of aliphatic hydroxyl groups is 1. The number of unbranched alkanes of at least 4 members (excludes halogenated alkanes) is 1. The molecule has 2 aromatic heterocycles. The Kier molecular flexibility index (Phi) is 4.32. The molecule has 2 rings (SSSR count). The van der Waals surface area contributed by atoms with Crippen LogP contribution in [0.15, 0.2) is 9.59 Å². The SMILES string of the molecule is Cc1nc2c(c(=O)n(CCCCC(C)O)c(=O)n2C)n1C. The maximum absolute atomic E-state index is 12.5. The topological polar surface area (TPSA) is 82.1 Å². The van der Waals surface area contributed by atoms with Gasteiger partial charge in [-0.1, -0.05) is 0 Å². The molecule has 0 aliphatic heterocycles. The van der Waals surface area contributed by atoms with Gasteiger partial charge < -0.3 is 9.67 Å². The molecule has 0 aliphatic carbocycles. The van der Waals surface area contributed by atoms with Crippen LogP contribution < -0.4 is 11.2 Å². The van der Waals surface area contributed by atoms with Crippen LogP contribution in [-0.2, 0) is 20.6 Å². The first-order chi connectivity index (χ1) is 9.84. The molecule has 1 N–H and O–H groups in total. The van der Waals surface area contributed by atoms with E-state index in [9.17, 15) is 14.7 Å². The van der Waals surface area contributed by atoms with E-state index < -0.39 is 0 Å². The Morgan fingerprint density at radius 3 is 2.48 bits per heavy atom. The van der Waals surface area contributed by atoms with Crippen molar-refractivity contribution in [3.8, 4) is 0 Å². The molecular formula is C14H22N4O3. The summed E-state index contributed by atoms with van der Waals surface area (Å²) >= 11 is 0. The van der Waals surface area contributed by atoms with E-state index in [1.54, 1.807) is 32.5 Å². The normalized spacial score (nSPS) is 13.0. The molecule has 0 saturated heterocycles. The fraction of sp³-hybridized carbons (Fsp3) is 0.643. The second-order valence-corrected chi connectivity index (χ2v) is 5.53. The van der Waals surface area contributed by atoms with Crippen LogP contribution in [0.25, 0.3) is 11.2 Å². The molecule has 1 unspecified atom stereocenters. The highest BCUT2D eigenvalue weighted by Crippen LogP contribution is 2.08. The highest BCUT2D eigenvalue weighted by Gasteiger charge is 2.16. The van der Waals surface area contributed by atoms with Crippen LogP contribution in [-0.4, -0.2) is 29.9 Å². The highest BCUT2D eigenvalue weighted by atomic mass is 16.3. The van der Waals surface area contributed by atoms with E-state index in [-0.39, 0.29) is 17.4 Å². The Bertz CT molecular complexity index is 767. The molecule has 7 nitrogen and oxygen atoms in total. The van der Waals surface area contributed by atoms with Gasteiger partial charge in [0.05, 0.1) is 6.10 Å². The Hall–Kier alpha value is -1.89. The number of hydrogen-bond acceptors (Lipinski definition) is 4. The Morgan fingerprint density at radius 2 is 1.86 bits per heavy atom. The van der Waals surface area contributed by atoms with E-state index in [4.69, 9.17) is 0 Å². The van der Waals surface area contributed by atoms with Gasteiger partial charge in [0.25, 0.3) is 5.56 Å². The van der Waals surface area contributed by atoms with Gasteiger partial charge in [0.1, 0.15) is 5.82 Å². The average molecular weight is 294 g/mol. The van der Waals surface area contributed by atoms with Crippen LogP contribution >= 0.6 is 0 Å². The van der Waals surface area contributed by atoms with Crippen molar-refractivity contribution in [1.82, 2.24) is 18.7 Å². The lowest BCUT2D eigenvalue weighted by atomic mass is 10.2. The fourth-order valence-corrected chi connectivity index (χ4v) is 2.46. The van der Waals surface area contributed by atoms with E-state index in [1.807, 2.05) is 0 Å². The van der Waals surface area contributed by atoms with Crippen LogP contribution in [0.1, 0.15) is 32.0 Å². The van der Waals surface area contributed by atoms with E-state index in [0.717, 1.165) is 6.42 Å². The zero-order valence-corrected chi connectivity index (χ0v) is 13.0. The van der Waals surface area contributed by atoms with Crippen molar-refractivity contribution in [2.45, 2.75) is 45.8 Å². The number of nitrogens with zero attached hydrogens (tertiary/aromatic N) is 4. The first-order valence-electron chi connectivity index (χ1n) is 7.15. The van der Waals surface area contributed by atoms with Gasteiger partial charge in [-0.25, -0.2) is 9.78 Å². The van der Waals surface area contributed by atoms with Gasteiger partial charge in [0.15, 0.2) is 11.2 Å². The molecule has 7 heteroatoms. The molecule has 1 atom stereocenters. The van der Waals surface area contributed by atoms with Crippen molar-refractivity contribution in [1.29, 1.82) is 0 Å². The van der Waals surface area contributed by atoms with Crippen LogP contribution in [0.5, 0.6) is 0 Å². The number of aliphatic hydroxyl groups excluding tert-OH is 1. The van der Waals surface area contributed by atoms with E-state index in [0.29, 0.717) is 36.4 Å². The van der Waals surface area contributed by atoms with Gasteiger partial charge in [0, 0.05) is 20.6 Å². The molecule has 0 amide bonds. The summed E-state index contributed by atoms with van der Waals surface area (Å²) in [5, 5.41) is 9.24. The molecule has 0 saturated carbocycles. The van der Waals surface area contributed by atoms with Crippen LogP contribution in [0, 0.1) is 6.92 Å². The summed E-state index contributed by atoms with van der Waals surface area (Å²) in [5.41, 5.74) is 0.228. The quantitative estimate of drug-likeness (QED) is 0.804. The van der Waals surface area contributed by atoms with Crippen molar-refractivity contribution in [2.24, 2.45) is 14.1 Å². The predicted molar refractivity (Wildman–Crippen MR) is 80.5 cm³/mol. The number of aryl methyl sites for hydroxylation is 3. The minimum absolute atomic E-state index is 0.298. The van der Waals surface area contributed by atoms with Crippen molar-refractivity contribution in [3.63, 3.8) is 0 Å². The molecule has 0 aliphatic rings. The zero-order chi connectivity index (χ0) is 15.7. The second-order valence-electron chi connectivity index (χ2n) is 5.53. The summed E-state index contributed by atoms with van der Waals surface area (Å²) in [7, 11) is 3.40. The largest absolute Gasteiger partial charge is 0.393 e. The van der Waals surface area contributed by atoms with Crippen LogP contribution in [0.3, 0.4) is 0 Å². The first-order valence-corrected chi connectivity index (χ1v) is 7.15. The summed E-state index contributed by atoms with van der Waals surface area (Å²) in [6.07, 6.45) is 1.77. The second kappa shape index (κ2) is 5.85. The summed E-state index contributed by atoms with van der Waals surface area (Å²) < 4.78 is 4.38. The molecule has 21 heavy (non-hydrogen) atoms. The summed E-state index contributed by atoms with van der Waals surface area (Å²) in [6.45, 7) is 3.89. The maximum Gasteiger partial charge on any atom is 0.332 e. The van der Waals surface area contributed by atoms with Crippen molar-refractivity contribution >= 4 is 11.2 Å². The average Bonchev–Trinajstić information content (AvgIpc) is 2.71. The van der Waals surface area contributed by atoms with E-state index >= 15 is 0 Å². The first kappa shape index (κ1) is 15.5. The van der Waals surface area contributed by atoms with Crippen molar-refractivity contribution in [3.05, 3.63) is 26.7 Å². The van der Waals surface area contributed by atoms with Gasteiger partial charge in [-0.3, -0.25) is 13.9 Å². The minimum atomic E-state index is -0.355. The lowest BCUT2D eigenvalue weighted by molar-refractivity contribution is 0.180. The molecule has 0 radical (unpaired) electrons. The van der Waals surface area contributed by atoms with Crippen molar-refractivity contribution in [2.75, 3.05) is 0 Å². The summed E-state index contributed by atoms with van der Waals surface area (Å²) in [5.74, 6) is 0.698. The zero-order valence-electron chi connectivity index (χ0n) is 13.0. The number of rotatable bonds is 5. The lowest BCUT2D eigenvalue weighted by Gasteiger charge is -2.09. The molecule has 116 valence electrons. The molecule has 0 bridgehead atoms. The Labute approximate surface area is 122 Å². The minimum Gasteiger partial charge on any atom is -0.393 e. The summed E-state index contributed by atoms with van der Waals surface area (Å²) in [6, 6.07) is 0. The van der Waals surface area contributed by atoms with Gasteiger partial charge in [-0.15, -0.1) is 0 Å². The number of hydrogen-bond donors (Lipinski definition) is 1. The fourth-order valence-electron chi connectivity index (χ4n) is 2.46. The van der Waals surface area contributed by atoms with Gasteiger partial charge in [-0.2, -0.15) is 0 Å². The predicted octanol–water partition coefficient (Wildman–Crippen LogP) is 0.293. The van der Waals surface area contributed by atoms with E-state index in [1.165, 1.54) is 9.13 Å². The molecule has 2 aromatic rings. The standard InChI is InChI=1S/C14H22N4O3/c1-9(19)7-5-6-8-18-13(20)11-12(17(4)14(18)21)15-10(2)16(11)3/h9,19H,5-8H2,1-4H3. The lowest BCUT2D eigenvalue weighted by Crippen LogP contribution is -2.39. The van der Waals surface area contributed by atoms with Gasteiger partial charge in [-0.05, 0) is 33.1 Å². The Morgan fingerprint density at radius 1 is 1.19 bits per heavy atom. The van der Waals surface area contributed by atoms with Crippen LogP contribution in [0.2, 0.25) is 0 Å². The molecule has 0 fully saturated rings. The molecule has 2 heterocycles. The summed E-state index contributed by atoms with van der Waals surface area (Å²) in [4.78, 5) is 29.1. The van der Waals surface area contributed by atoms with Gasteiger partial charge >= 0.3 is 5.69 Å². The Balaban J connectivity index is 2.43.